The molecule has 1 N–H and O–H groups in total. The van der Waals surface area contributed by atoms with Gasteiger partial charge >= 0.3 is 0 Å². The summed E-state index contributed by atoms with van der Waals surface area (Å²) in [5.41, 5.74) is 0. The highest BCUT2D eigenvalue weighted by Crippen LogP contribution is 2.03. The van der Waals surface area contributed by atoms with Crippen LogP contribution >= 0.6 is 12.4 Å². The maximum Gasteiger partial charge on any atom is 0.213 e. The SMILES string of the molecule is Cl.c1ccc(OCCCNCc2ccco2)nc1. The van der Waals surface area contributed by atoms with E-state index in [4.69, 9.17) is 9.15 Å². The van der Waals surface area contributed by atoms with Crippen molar-refractivity contribution in [1.82, 2.24) is 10.3 Å². The van der Waals surface area contributed by atoms with Gasteiger partial charge in [0.15, 0.2) is 0 Å². The molecular weight excluding hydrogens is 252 g/mol. The van der Waals surface area contributed by atoms with Crippen LogP contribution in [-0.4, -0.2) is 18.1 Å². The lowest BCUT2D eigenvalue weighted by atomic mass is 10.4. The first-order valence-corrected chi connectivity index (χ1v) is 5.72. The summed E-state index contributed by atoms with van der Waals surface area (Å²) in [6.45, 7) is 2.33. The topological polar surface area (TPSA) is 47.3 Å². The summed E-state index contributed by atoms with van der Waals surface area (Å²) in [7, 11) is 0. The lowest BCUT2D eigenvalue weighted by Gasteiger charge is -2.05. The van der Waals surface area contributed by atoms with Gasteiger partial charge in [-0.2, -0.15) is 0 Å². The van der Waals surface area contributed by atoms with Gasteiger partial charge in [0.2, 0.25) is 5.88 Å². The Bertz CT molecular complexity index is 406. The van der Waals surface area contributed by atoms with Crippen LogP contribution in [0.4, 0.5) is 0 Å². The average Bonchev–Trinajstić information content (AvgIpc) is 2.88. The number of aromatic nitrogens is 1. The summed E-state index contributed by atoms with van der Waals surface area (Å²) in [4.78, 5) is 4.08. The lowest BCUT2D eigenvalue weighted by molar-refractivity contribution is 0.296. The summed E-state index contributed by atoms with van der Waals surface area (Å²) in [6.07, 6.45) is 4.35. The van der Waals surface area contributed by atoms with Crippen molar-refractivity contribution in [3.8, 4) is 5.88 Å². The van der Waals surface area contributed by atoms with Crippen molar-refractivity contribution >= 4 is 12.4 Å². The van der Waals surface area contributed by atoms with Crippen LogP contribution in [-0.2, 0) is 6.54 Å². The van der Waals surface area contributed by atoms with E-state index < -0.39 is 0 Å². The molecule has 0 unspecified atom stereocenters. The molecule has 2 heterocycles. The van der Waals surface area contributed by atoms with Crippen LogP contribution in [0, 0.1) is 0 Å². The van der Waals surface area contributed by atoms with Crippen molar-refractivity contribution in [3.63, 3.8) is 0 Å². The molecule has 0 saturated heterocycles. The van der Waals surface area contributed by atoms with Crippen molar-refractivity contribution in [1.29, 1.82) is 0 Å². The molecule has 0 fully saturated rings. The van der Waals surface area contributed by atoms with Crippen LogP contribution < -0.4 is 10.1 Å². The van der Waals surface area contributed by atoms with E-state index in [1.807, 2.05) is 30.3 Å². The Labute approximate surface area is 113 Å². The van der Waals surface area contributed by atoms with E-state index >= 15 is 0 Å². The molecule has 2 aromatic rings. The van der Waals surface area contributed by atoms with E-state index in [9.17, 15) is 0 Å². The number of hydrogen-bond acceptors (Lipinski definition) is 4. The van der Waals surface area contributed by atoms with Crippen molar-refractivity contribution < 1.29 is 9.15 Å². The number of halogens is 1. The van der Waals surface area contributed by atoms with Gasteiger partial charge in [0.25, 0.3) is 0 Å². The zero-order valence-corrected chi connectivity index (χ0v) is 10.9. The molecule has 0 atom stereocenters. The Morgan fingerprint density at radius 3 is 2.89 bits per heavy atom. The number of pyridine rings is 1. The number of nitrogens with zero attached hydrogens (tertiary/aromatic N) is 1. The predicted octanol–water partition coefficient (Wildman–Crippen LogP) is 2.66. The third-order valence-corrected chi connectivity index (χ3v) is 2.26. The number of furan rings is 1. The van der Waals surface area contributed by atoms with Crippen molar-refractivity contribution in [3.05, 3.63) is 48.6 Å². The molecule has 0 saturated carbocycles. The Hall–Kier alpha value is -1.52. The van der Waals surface area contributed by atoms with E-state index in [1.54, 1.807) is 12.5 Å². The summed E-state index contributed by atoms with van der Waals surface area (Å²) >= 11 is 0. The number of nitrogens with one attached hydrogen (secondary N) is 1. The lowest BCUT2D eigenvalue weighted by Crippen LogP contribution is -2.16. The second-order valence-electron chi connectivity index (χ2n) is 3.63. The molecular formula is C13H17ClN2O2. The van der Waals surface area contributed by atoms with Crippen molar-refractivity contribution in [2.75, 3.05) is 13.2 Å². The highest BCUT2D eigenvalue weighted by Gasteiger charge is 1.95. The Morgan fingerprint density at radius 1 is 1.22 bits per heavy atom. The highest BCUT2D eigenvalue weighted by atomic mass is 35.5. The van der Waals surface area contributed by atoms with E-state index in [-0.39, 0.29) is 12.4 Å². The van der Waals surface area contributed by atoms with Gasteiger partial charge in [0.05, 0.1) is 19.4 Å². The average molecular weight is 269 g/mol. The summed E-state index contributed by atoms with van der Waals surface area (Å²) < 4.78 is 10.7. The van der Waals surface area contributed by atoms with Gasteiger partial charge in [0, 0.05) is 12.3 Å². The third-order valence-electron chi connectivity index (χ3n) is 2.26. The summed E-state index contributed by atoms with van der Waals surface area (Å²) in [5.74, 6) is 1.63. The minimum atomic E-state index is 0. The van der Waals surface area contributed by atoms with Crippen LogP contribution in [0.15, 0.2) is 47.2 Å². The van der Waals surface area contributed by atoms with E-state index in [0.717, 1.165) is 25.3 Å². The van der Waals surface area contributed by atoms with Gasteiger partial charge in [-0.25, -0.2) is 4.98 Å². The molecule has 0 aliphatic heterocycles. The van der Waals surface area contributed by atoms with E-state index in [2.05, 4.69) is 10.3 Å². The van der Waals surface area contributed by atoms with Gasteiger partial charge in [-0.3, -0.25) is 0 Å². The van der Waals surface area contributed by atoms with Crippen LogP contribution in [0.25, 0.3) is 0 Å². The molecule has 0 aromatic carbocycles. The molecule has 0 spiro atoms. The molecule has 2 rings (SSSR count). The van der Waals surface area contributed by atoms with Crippen molar-refractivity contribution in [2.45, 2.75) is 13.0 Å². The predicted molar refractivity (Wildman–Crippen MR) is 72.0 cm³/mol. The first-order valence-electron chi connectivity index (χ1n) is 5.72. The van der Waals surface area contributed by atoms with Crippen molar-refractivity contribution in [2.24, 2.45) is 0 Å². The zero-order chi connectivity index (χ0) is 11.8. The quantitative estimate of drug-likeness (QED) is 0.785. The third kappa shape index (κ3) is 5.21. The molecule has 0 bridgehead atoms. The van der Waals surface area contributed by atoms with Gasteiger partial charge in [-0.1, -0.05) is 6.07 Å². The van der Waals surface area contributed by atoms with Crippen LogP contribution in [0.3, 0.4) is 0 Å². The molecule has 0 radical (unpaired) electrons. The molecule has 98 valence electrons. The highest BCUT2D eigenvalue weighted by molar-refractivity contribution is 5.85. The second kappa shape index (κ2) is 8.55. The normalized spacial score (nSPS) is 9.78. The number of ether oxygens (including phenoxy) is 1. The minimum Gasteiger partial charge on any atom is -0.478 e. The fourth-order valence-corrected chi connectivity index (χ4v) is 1.43. The van der Waals surface area contributed by atoms with E-state index in [0.29, 0.717) is 12.5 Å². The van der Waals surface area contributed by atoms with Crippen LogP contribution in [0.5, 0.6) is 5.88 Å². The molecule has 4 nitrogen and oxygen atoms in total. The van der Waals surface area contributed by atoms with Gasteiger partial charge in [-0.05, 0) is 31.2 Å². The molecule has 18 heavy (non-hydrogen) atoms. The molecule has 2 aromatic heterocycles. The first kappa shape index (κ1) is 14.5. The van der Waals surface area contributed by atoms with Gasteiger partial charge in [-0.15, -0.1) is 12.4 Å². The maximum atomic E-state index is 5.47. The number of hydrogen-bond donors (Lipinski definition) is 1. The van der Waals surface area contributed by atoms with Crippen LogP contribution in [0.1, 0.15) is 12.2 Å². The Kier molecular flexibility index (Phi) is 6.91. The molecule has 5 heteroatoms. The molecule has 0 aliphatic rings. The number of rotatable bonds is 7. The van der Waals surface area contributed by atoms with Gasteiger partial charge < -0.3 is 14.5 Å². The molecule has 0 amide bonds. The van der Waals surface area contributed by atoms with Crippen LogP contribution in [0.2, 0.25) is 0 Å². The standard InChI is InChI=1S/C13H16N2O2.ClH/c1-2-8-15-13(6-1)17-10-4-7-14-11-12-5-3-9-16-12;/h1-3,5-6,8-9,14H,4,7,10-11H2;1H. The maximum absolute atomic E-state index is 5.47. The van der Waals surface area contributed by atoms with E-state index in [1.165, 1.54) is 0 Å². The molecule has 0 aliphatic carbocycles. The smallest absolute Gasteiger partial charge is 0.213 e. The summed E-state index contributed by atoms with van der Waals surface area (Å²) in [5, 5.41) is 3.28. The fraction of sp³-hybridized carbons (Fsp3) is 0.308. The Balaban J connectivity index is 0.00000162. The summed E-state index contributed by atoms with van der Waals surface area (Å²) in [6, 6.07) is 9.49. The minimum absolute atomic E-state index is 0. The zero-order valence-electron chi connectivity index (χ0n) is 10.0. The monoisotopic (exact) mass is 268 g/mol. The first-order chi connectivity index (χ1) is 8.45. The largest absolute Gasteiger partial charge is 0.478 e. The fourth-order valence-electron chi connectivity index (χ4n) is 1.43. The second-order valence-corrected chi connectivity index (χ2v) is 3.63. The van der Waals surface area contributed by atoms with Gasteiger partial charge in [0.1, 0.15) is 5.76 Å². The Morgan fingerprint density at radius 2 is 2.17 bits per heavy atom.